The van der Waals surface area contributed by atoms with Crippen molar-refractivity contribution in [3.05, 3.63) is 126 Å². The van der Waals surface area contributed by atoms with Crippen LogP contribution in [0.2, 0.25) is 0 Å². The summed E-state index contributed by atoms with van der Waals surface area (Å²) in [5, 5.41) is 4.40. The van der Waals surface area contributed by atoms with Crippen LogP contribution in [0.4, 0.5) is 0 Å². The van der Waals surface area contributed by atoms with Crippen molar-refractivity contribution in [2.45, 2.75) is 47.0 Å². The molecule has 0 spiro atoms. The van der Waals surface area contributed by atoms with Gasteiger partial charge in [-0.1, -0.05) is 0 Å². The third kappa shape index (κ3) is 5.18. The second-order valence-corrected chi connectivity index (χ2v) is 14.4. The predicted octanol–water partition coefficient (Wildman–Crippen LogP) is 7.74. The minimum atomic E-state index is -2.22. The van der Waals surface area contributed by atoms with Gasteiger partial charge in [0.25, 0.3) is 0 Å². The number of rotatable bonds is 7. The molecule has 34 heavy (non-hydrogen) atoms. The summed E-state index contributed by atoms with van der Waals surface area (Å²) in [6.07, 6.45) is 12.1. The zero-order valence-corrected chi connectivity index (χ0v) is 22.2. The van der Waals surface area contributed by atoms with E-state index >= 15 is 0 Å². The molecule has 0 heterocycles. The standard InChI is InChI=1S/C33H39P/c1-27(22-23-32-28(2)15-14-25-33(32,3)4)24-26-34(29-16-8-5-9-17-29,30-18-10-6-11-19-30)31-20-12-7-13-21-31/h5-13,16-24,34H,14-15,25-26H2,1-4H3. The zero-order valence-electron chi connectivity index (χ0n) is 21.2. The van der Waals surface area contributed by atoms with Crippen molar-refractivity contribution >= 4 is 23.2 Å². The average molecular weight is 467 g/mol. The third-order valence-electron chi connectivity index (χ3n) is 7.59. The van der Waals surface area contributed by atoms with Crippen molar-refractivity contribution in [2.75, 3.05) is 6.16 Å². The second kappa shape index (κ2) is 10.7. The molecule has 0 saturated carbocycles. The summed E-state index contributed by atoms with van der Waals surface area (Å²) in [7, 11) is -2.22. The van der Waals surface area contributed by atoms with E-state index in [4.69, 9.17) is 0 Å². The molecule has 1 heteroatoms. The molecule has 0 aromatic heterocycles. The van der Waals surface area contributed by atoms with E-state index < -0.39 is 7.26 Å². The first kappa shape index (κ1) is 24.4. The molecule has 3 aromatic rings. The van der Waals surface area contributed by atoms with Gasteiger partial charge in [-0.3, -0.25) is 0 Å². The topological polar surface area (TPSA) is 0 Å². The van der Waals surface area contributed by atoms with Gasteiger partial charge >= 0.3 is 208 Å². The van der Waals surface area contributed by atoms with E-state index in [0.29, 0.717) is 0 Å². The summed E-state index contributed by atoms with van der Waals surface area (Å²) in [5.41, 5.74) is 4.71. The van der Waals surface area contributed by atoms with Gasteiger partial charge in [0.1, 0.15) is 0 Å². The Morgan fingerprint density at radius 1 is 0.794 bits per heavy atom. The van der Waals surface area contributed by atoms with Crippen LogP contribution in [0.15, 0.2) is 126 Å². The molecule has 1 aliphatic carbocycles. The van der Waals surface area contributed by atoms with Crippen molar-refractivity contribution in [3.8, 4) is 0 Å². The third-order valence-corrected chi connectivity index (χ3v) is 12.4. The molecule has 0 saturated heterocycles. The second-order valence-electron chi connectivity index (χ2n) is 10.4. The van der Waals surface area contributed by atoms with Crippen molar-refractivity contribution in [2.24, 2.45) is 5.41 Å². The van der Waals surface area contributed by atoms with Gasteiger partial charge in [-0.15, -0.1) is 0 Å². The van der Waals surface area contributed by atoms with Crippen molar-refractivity contribution in [1.29, 1.82) is 0 Å². The number of allylic oxidation sites excluding steroid dienone is 6. The Morgan fingerprint density at radius 2 is 1.26 bits per heavy atom. The normalized spacial score (nSPS) is 17.2. The molecule has 0 aliphatic heterocycles. The number of hydrogen-bond acceptors (Lipinski definition) is 0. The van der Waals surface area contributed by atoms with E-state index in [1.54, 1.807) is 5.57 Å². The molecular formula is C33H39P. The summed E-state index contributed by atoms with van der Waals surface area (Å²) in [6.45, 7) is 9.37. The maximum atomic E-state index is 2.49. The SMILES string of the molecule is CC(C=CC1=C(C)CCCC1(C)C)=CC[PH](c1ccccc1)(c1ccccc1)c1ccccc1. The summed E-state index contributed by atoms with van der Waals surface area (Å²) in [4.78, 5) is 0. The van der Waals surface area contributed by atoms with Crippen LogP contribution in [0, 0.1) is 5.41 Å². The molecule has 3 aromatic carbocycles. The fraction of sp³-hybridized carbons (Fsp3) is 0.273. The van der Waals surface area contributed by atoms with E-state index in [9.17, 15) is 0 Å². The van der Waals surface area contributed by atoms with Crippen LogP contribution in [0.25, 0.3) is 0 Å². The van der Waals surface area contributed by atoms with Crippen molar-refractivity contribution in [3.63, 3.8) is 0 Å². The van der Waals surface area contributed by atoms with Crippen LogP contribution >= 0.6 is 7.26 Å². The van der Waals surface area contributed by atoms with Crippen LogP contribution in [0.5, 0.6) is 0 Å². The number of hydrogen-bond donors (Lipinski definition) is 0. The summed E-state index contributed by atoms with van der Waals surface area (Å²) >= 11 is 0. The summed E-state index contributed by atoms with van der Waals surface area (Å²) < 4.78 is 0. The van der Waals surface area contributed by atoms with Crippen molar-refractivity contribution < 1.29 is 0 Å². The Morgan fingerprint density at radius 3 is 1.71 bits per heavy atom. The predicted molar refractivity (Wildman–Crippen MR) is 155 cm³/mol. The monoisotopic (exact) mass is 466 g/mol. The first-order chi connectivity index (χ1) is 16.4. The van der Waals surface area contributed by atoms with E-state index in [1.165, 1.54) is 46.3 Å². The molecule has 1 aliphatic rings. The van der Waals surface area contributed by atoms with Crippen LogP contribution < -0.4 is 15.9 Å². The van der Waals surface area contributed by atoms with E-state index in [0.717, 1.165) is 6.16 Å². The Hall–Kier alpha value is -2.69. The van der Waals surface area contributed by atoms with Gasteiger partial charge in [-0.05, 0) is 0 Å². The van der Waals surface area contributed by atoms with E-state index in [2.05, 4.69) is 137 Å². The van der Waals surface area contributed by atoms with Crippen LogP contribution in [0.1, 0.15) is 47.0 Å². The molecule has 0 atom stereocenters. The van der Waals surface area contributed by atoms with Crippen LogP contribution in [0.3, 0.4) is 0 Å². The van der Waals surface area contributed by atoms with E-state index in [-0.39, 0.29) is 5.41 Å². The van der Waals surface area contributed by atoms with Gasteiger partial charge in [0.05, 0.1) is 0 Å². The fourth-order valence-electron chi connectivity index (χ4n) is 5.63. The van der Waals surface area contributed by atoms with Gasteiger partial charge in [0.15, 0.2) is 0 Å². The Labute approximate surface area is 207 Å². The molecule has 0 amide bonds. The molecule has 0 fully saturated rings. The maximum absolute atomic E-state index is 2.49. The Balaban J connectivity index is 1.77. The Bertz CT molecular complexity index is 1070. The van der Waals surface area contributed by atoms with Gasteiger partial charge in [0, 0.05) is 0 Å². The minimum absolute atomic E-state index is 0.274. The van der Waals surface area contributed by atoms with Gasteiger partial charge in [0.2, 0.25) is 0 Å². The average Bonchev–Trinajstić information content (AvgIpc) is 2.86. The molecular weight excluding hydrogens is 427 g/mol. The summed E-state index contributed by atoms with van der Waals surface area (Å²) in [5.74, 6) is 0. The van der Waals surface area contributed by atoms with Gasteiger partial charge in [-0.25, -0.2) is 0 Å². The van der Waals surface area contributed by atoms with Gasteiger partial charge in [-0.2, -0.15) is 0 Å². The molecule has 0 bridgehead atoms. The van der Waals surface area contributed by atoms with Crippen LogP contribution in [-0.4, -0.2) is 6.16 Å². The molecule has 4 rings (SSSR count). The fourth-order valence-corrected chi connectivity index (χ4v) is 10.2. The first-order valence-electron chi connectivity index (χ1n) is 12.7. The molecule has 0 nitrogen and oxygen atoms in total. The molecule has 0 unspecified atom stereocenters. The summed E-state index contributed by atoms with van der Waals surface area (Å²) in [6, 6.07) is 33.6. The molecule has 176 valence electrons. The quantitative estimate of drug-likeness (QED) is 0.247. The zero-order chi connectivity index (χ0) is 24.0. The molecule has 0 N–H and O–H groups in total. The van der Waals surface area contributed by atoms with E-state index in [1.807, 2.05) is 0 Å². The first-order valence-corrected chi connectivity index (χ1v) is 14.9. The molecule has 0 radical (unpaired) electrons. The Kier molecular flexibility index (Phi) is 7.70. The van der Waals surface area contributed by atoms with Crippen LogP contribution in [-0.2, 0) is 0 Å². The number of benzene rings is 3. The van der Waals surface area contributed by atoms with Crippen molar-refractivity contribution in [1.82, 2.24) is 0 Å². The van der Waals surface area contributed by atoms with Gasteiger partial charge < -0.3 is 0 Å².